The molecule has 1 N–H and O–H groups in total. The first-order valence-corrected chi connectivity index (χ1v) is 17.1. The van der Waals surface area contributed by atoms with Crippen molar-refractivity contribution in [3.63, 3.8) is 0 Å². The van der Waals surface area contributed by atoms with Gasteiger partial charge in [0, 0.05) is 0 Å². The summed E-state index contributed by atoms with van der Waals surface area (Å²) in [6, 6.07) is 0. The monoisotopic (exact) mass is 593 g/mol. The van der Waals surface area contributed by atoms with Gasteiger partial charge in [-0.2, -0.15) is 0 Å². The van der Waals surface area contributed by atoms with Gasteiger partial charge in [0.1, 0.15) is 31.4 Å². The van der Waals surface area contributed by atoms with Gasteiger partial charge in [-0.05, 0) is 42.8 Å². The third-order valence-corrected chi connectivity index (χ3v) is 14.3. The minimum atomic E-state index is -2.19. The highest BCUT2D eigenvalue weighted by atomic mass is 28.4. The van der Waals surface area contributed by atoms with Crippen LogP contribution in [-0.2, 0) is 18.6 Å². The molecule has 1 aliphatic rings. The van der Waals surface area contributed by atoms with E-state index in [2.05, 4.69) is 61.1 Å². The number of hydrogen-bond acceptors (Lipinski definition) is 9. The molecule has 0 aromatic carbocycles. The number of aliphatic hydroxyl groups is 1. The van der Waals surface area contributed by atoms with Gasteiger partial charge in [-0.1, -0.05) is 62.3 Å². The van der Waals surface area contributed by atoms with E-state index in [4.69, 9.17) is 18.6 Å². The zero-order valence-electron chi connectivity index (χ0n) is 26.5. The van der Waals surface area contributed by atoms with Crippen molar-refractivity contribution in [1.82, 2.24) is 19.5 Å². The molecular formula is C28H51N5O5Si2. The first-order chi connectivity index (χ1) is 18.5. The third kappa shape index (κ3) is 6.63. The molecule has 0 aliphatic carbocycles. The van der Waals surface area contributed by atoms with Gasteiger partial charge in [0.25, 0.3) is 0 Å². The highest BCUT2D eigenvalue weighted by Gasteiger charge is 2.54. The number of fused-ring (bicyclic) bond motifs is 1. The number of aliphatic hydroxyl groups excluding tert-OH is 1. The molecule has 226 valence electrons. The lowest BCUT2D eigenvalue weighted by Gasteiger charge is -2.42. The van der Waals surface area contributed by atoms with E-state index in [9.17, 15) is 5.11 Å². The predicted molar refractivity (Wildman–Crippen MR) is 162 cm³/mol. The normalized spacial score (nSPS) is 23.6. The van der Waals surface area contributed by atoms with Crippen LogP contribution in [0.1, 0.15) is 89.3 Å². The molecule has 0 spiro atoms. The van der Waals surface area contributed by atoms with E-state index in [1.807, 2.05) is 46.1 Å². The number of hydrogen-bond donors (Lipinski definition) is 1. The molecule has 2 aromatic rings. The van der Waals surface area contributed by atoms with Crippen molar-refractivity contribution in [2.24, 2.45) is 10.0 Å². The molecule has 0 radical (unpaired) electrons. The number of nitrogens with zero attached hydrogens (tertiary/aromatic N) is 5. The van der Waals surface area contributed by atoms with E-state index < -0.39 is 50.0 Å². The second kappa shape index (κ2) is 12.4. The van der Waals surface area contributed by atoms with Crippen LogP contribution in [0, 0.1) is 5.41 Å². The Kier molecular flexibility index (Phi) is 10.3. The lowest BCUT2D eigenvalue weighted by atomic mass is 9.83. The molecule has 1 fully saturated rings. The molecular weight excluding hydrogens is 543 g/mol. The van der Waals surface area contributed by atoms with Crippen LogP contribution in [-0.4, -0.2) is 79.8 Å². The molecule has 3 heterocycles. The lowest BCUT2D eigenvalue weighted by Crippen LogP contribution is -2.51. The number of aromatic nitrogens is 4. The maximum atomic E-state index is 11.5. The van der Waals surface area contributed by atoms with Gasteiger partial charge in [-0.25, -0.2) is 15.0 Å². The minimum Gasteiger partial charge on any atom is -0.394 e. The van der Waals surface area contributed by atoms with Crippen molar-refractivity contribution in [2.45, 2.75) is 136 Å². The van der Waals surface area contributed by atoms with Crippen LogP contribution in [0.2, 0.25) is 16.6 Å². The summed E-state index contributed by atoms with van der Waals surface area (Å²) in [7, 11) is -0.730. The van der Waals surface area contributed by atoms with Crippen LogP contribution >= 0.6 is 0 Å². The summed E-state index contributed by atoms with van der Waals surface area (Å²) in [6.07, 6.45) is -0.179. The fourth-order valence-electron chi connectivity index (χ4n) is 6.21. The minimum absolute atomic E-state index is 0.103. The zero-order valence-corrected chi connectivity index (χ0v) is 28.9. The lowest BCUT2D eigenvalue weighted by molar-refractivity contribution is -0.164. The molecule has 1 aliphatic heterocycles. The molecule has 0 saturated carbocycles. The SMILES string of the molecule is CC(C)[Si](OCO[C@@H]1[C@H](OC(C)(C)C)[C@@H](C(O)C(C)(C)C)O[C@H]1n1cnc2c(N=[SiH2])ncnc21)(C(C)C)C(C)C. The summed E-state index contributed by atoms with van der Waals surface area (Å²) in [6.45, 7) is 25.6. The summed E-state index contributed by atoms with van der Waals surface area (Å²) in [4.78, 5) is 13.3. The molecule has 10 nitrogen and oxygen atoms in total. The third-order valence-electron chi connectivity index (χ3n) is 7.95. The Labute approximate surface area is 243 Å². The number of rotatable bonds is 11. The smallest absolute Gasteiger partial charge is 0.203 e. The topological polar surface area (TPSA) is 113 Å². The van der Waals surface area contributed by atoms with Crippen LogP contribution in [0.4, 0.5) is 5.82 Å². The van der Waals surface area contributed by atoms with E-state index in [1.165, 1.54) is 16.4 Å². The van der Waals surface area contributed by atoms with E-state index in [-0.39, 0.29) is 6.79 Å². The van der Waals surface area contributed by atoms with Crippen molar-refractivity contribution >= 4 is 35.3 Å². The second-order valence-corrected chi connectivity index (χ2v) is 19.7. The van der Waals surface area contributed by atoms with Crippen molar-refractivity contribution in [3.8, 4) is 0 Å². The maximum Gasteiger partial charge on any atom is 0.203 e. The van der Waals surface area contributed by atoms with Crippen LogP contribution in [0.25, 0.3) is 11.2 Å². The summed E-state index contributed by atoms with van der Waals surface area (Å²) in [5.74, 6) is 0.510. The largest absolute Gasteiger partial charge is 0.394 e. The molecule has 12 heteroatoms. The molecule has 3 rings (SSSR count). The van der Waals surface area contributed by atoms with Gasteiger partial charge in [0.15, 0.2) is 23.2 Å². The molecule has 5 atom stereocenters. The van der Waals surface area contributed by atoms with Gasteiger partial charge in [-0.3, -0.25) is 9.20 Å². The van der Waals surface area contributed by atoms with Gasteiger partial charge in [-0.15, -0.1) is 0 Å². The average Bonchev–Trinajstić information content (AvgIpc) is 3.40. The second-order valence-electron chi connectivity index (χ2n) is 13.9. The molecule has 0 amide bonds. The van der Waals surface area contributed by atoms with E-state index in [0.717, 1.165) is 0 Å². The molecule has 40 heavy (non-hydrogen) atoms. The van der Waals surface area contributed by atoms with Crippen molar-refractivity contribution in [3.05, 3.63) is 12.7 Å². The van der Waals surface area contributed by atoms with E-state index in [0.29, 0.717) is 33.6 Å². The van der Waals surface area contributed by atoms with E-state index in [1.54, 1.807) is 6.33 Å². The van der Waals surface area contributed by atoms with Gasteiger partial charge in [0.05, 0.1) is 28.1 Å². The Morgan fingerprint density at radius 3 is 2.10 bits per heavy atom. The summed E-state index contributed by atoms with van der Waals surface area (Å²) in [5, 5.41) is 11.5. The Morgan fingerprint density at radius 2 is 1.60 bits per heavy atom. The Morgan fingerprint density at radius 1 is 1.00 bits per heavy atom. The van der Waals surface area contributed by atoms with Crippen LogP contribution in [0.3, 0.4) is 0 Å². The number of imidazole rings is 1. The van der Waals surface area contributed by atoms with Crippen molar-refractivity contribution < 1.29 is 23.7 Å². The highest BCUT2D eigenvalue weighted by molar-refractivity contribution is 6.77. The van der Waals surface area contributed by atoms with Gasteiger partial charge < -0.3 is 23.7 Å². The van der Waals surface area contributed by atoms with Crippen LogP contribution < -0.4 is 0 Å². The molecule has 2 aromatic heterocycles. The first-order valence-electron chi connectivity index (χ1n) is 14.4. The standard InChI is InChI=1S/C28H51N5O5Si2/c1-16(2)40(17(3)4,18(5)6)36-15-35-22-20(38-28(10,11)12)21(23(34)27(7,8)9)37-26(22)33-14-31-19-24(32-39)29-13-30-25(19)33/h13-14,16-18,20-23,26,34H,15,39H2,1-12H3/t20-,21+,22-,23?,26-/m1/s1. The Hall–Kier alpha value is -1.42. The first kappa shape index (κ1) is 33.1. The fraction of sp³-hybridized carbons (Fsp3) is 0.821. The maximum absolute atomic E-state index is 11.5. The molecule has 1 unspecified atom stereocenters. The van der Waals surface area contributed by atoms with Crippen molar-refractivity contribution in [2.75, 3.05) is 6.79 Å². The number of ether oxygens (including phenoxy) is 3. The quantitative estimate of drug-likeness (QED) is 0.276. The highest BCUT2D eigenvalue weighted by Crippen LogP contribution is 2.44. The van der Waals surface area contributed by atoms with Gasteiger partial charge >= 0.3 is 0 Å². The summed E-state index contributed by atoms with van der Waals surface area (Å²) < 4.78 is 32.8. The summed E-state index contributed by atoms with van der Waals surface area (Å²) >= 11 is 0. The Balaban J connectivity index is 2.08. The van der Waals surface area contributed by atoms with E-state index >= 15 is 0 Å². The van der Waals surface area contributed by atoms with Gasteiger partial charge in [0.2, 0.25) is 8.32 Å². The fourth-order valence-corrected chi connectivity index (χ4v) is 11.7. The molecule has 1 saturated heterocycles. The van der Waals surface area contributed by atoms with Crippen LogP contribution in [0.15, 0.2) is 17.3 Å². The zero-order chi connectivity index (χ0) is 30.2. The Bertz CT molecular complexity index is 1120. The van der Waals surface area contributed by atoms with Crippen LogP contribution in [0.5, 0.6) is 0 Å². The van der Waals surface area contributed by atoms with Crippen molar-refractivity contribution in [1.29, 1.82) is 0 Å². The average molecular weight is 594 g/mol. The molecule has 0 bridgehead atoms. The predicted octanol–water partition coefficient (Wildman–Crippen LogP) is 5.30. The summed E-state index contributed by atoms with van der Waals surface area (Å²) in [5.41, 5.74) is 1.43.